The molecule has 1 aromatic carbocycles. The minimum absolute atomic E-state index is 0.250. The Morgan fingerprint density at radius 3 is 2.71 bits per heavy atom. The number of hydrogen-bond donors (Lipinski definition) is 1. The molecule has 1 heterocycles. The van der Waals surface area contributed by atoms with Crippen LogP contribution in [0.3, 0.4) is 0 Å². The van der Waals surface area contributed by atoms with Crippen LogP contribution in [0.5, 0.6) is 0 Å². The first-order valence-electron chi connectivity index (χ1n) is 5.57. The van der Waals surface area contributed by atoms with Gasteiger partial charge in [0.25, 0.3) is 0 Å². The molecule has 0 aliphatic carbocycles. The van der Waals surface area contributed by atoms with Gasteiger partial charge in [0.2, 0.25) is 0 Å². The van der Waals surface area contributed by atoms with Gasteiger partial charge in [0.15, 0.2) is 0 Å². The smallest absolute Gasteiger partial charge is 0.407 e. The highest BCUT2D eigenvalue weighted by Gasteiger charge is 2.23. The van der Waals surface area contributed by atoms with Crippen LogP contribution in [0.1, 0.15) is 12.0 Å². The summed E-state index contributed by atoms with van der Waals surface area (Å²) in [6, 6.07) is 6.24. The van der Waals surface area contributed by atoms with Crippen LogP contribution in [0.25, 0.3) is 6.08 Å². The summed E-state index contributed by atoms with van der Waals surface area (Å²) in [4.78, 5) is 12.1. The lowest BCUT2D eigenvalue weighted by Gasteiger charge is -2.09. The number of nitrogens with zero attached hydrogens (tertiary/aromatic N) is 1. The van der Waals surface area contributed by atoms with Crippen molar-refractivity contribution in [2.24, 2.45) is 5.92 Å². The van der Waals surface area contributed by atoms with Gasteiger partial charge in [0, 0.05) is 13.1 Å². The second-order valence-electron chi connectivity index (χ2n) is 4.19. The van der Waals surface area contributed by atoms with E-state index in [-0.39, 0.29) is 11.7 Å². The third kappa shape index (κ3) is 3.06. The summed E-state index contributed by atoms with van der Waals surface area (Å²) >= 11 is 0. The fraction of sp³-hybridized carbons (Fsp3) is 0.308. The van der Waals surface area contributed by atoms with Gasteiger partial charge in [-0.15, -0.1) is 0 Å². The molecule has 1 fully saturated rings. The van der Waals surface area contributed by atoms with E-state index in [9.17, 15) is 9.18 Å². The van der Waals surface area contributed by atoms with Crippen molar-refractivity contribution in [3.05, 3.63) is 41.7 Å². The Bertz CT molecular complexity index is 428. The van der Waals surface area contributed by atoms with Crippen LogP contribution in [0.15, 0.2) is 30.3 Å². The normalized spacial score (nSPS) is 20.1. The molecule has 17 heavy (non-hydrogen) atoms. The molecule has 90 valence electrons. The molecule has 1 saturated heterocycles. The Morgan fingerprint density at radius 1 is 1.41 bits per heavy atom. The van der Waals surface area contributed by atoms with Crippen molar-refractivity contribution in [3.63, 3.8) is 0 Å². The van der Waals surface area contributed by atoms with E-state index in [2.05, 4.69) is 0 Å². The summed E-state index contributed by atoms with van der Waals surface area (Å²) in [6.07, 6.45) is 3.90. The van der Waals surface area contributed by atoms with Crippen LogP contribution in [-0.4, -0.2) is 29.2 Å². The molecule has 3 nitrogen and oxygen atoms in total. The van der Waals surface area contributed by atoms with Gasteiger partial charge in [-0.05, 0) is 30.0 Å². The Morgan fingerprint density at radius 2 is 2.12 bits per heavy atom. The van der Waals surface area contributed by atoms with Crippen LogP contribution in [-0.2, 0) is 0 Å². The molecule has 1 aliphatic heterocycles. The minimum Gasteiger partial charge on any atom is -0.465 e. The van der Waals surface area contributed by atoms with Gasteiger partial charge < -0.3 is 10.0 Å². The first kappa shape index (κ1) is 11.6. The van der Waals surface area contributed by atoms with Crippen molar-refractivity contribution < 1.29 is 14.3 Å². The molecule has 0 radical (unpaired) electrons. The molecular weight excluding hydrogens is 221 g/mol. The fourth-order valence-electron chi connectivity index (χ4n) is 1.94. The SMILES string of the molecule is O=C(O)N1CCC(C=Cc2ccc(F)cc2)C1. The minimum atomic E-state index is -0.859. The predicted molar refractivity (Wildman–Crippen MR) is 63.1 cm³/mol. The third-order valence-corrected chi connectivity index (χ3v) is 2.93. The summed E-state index contributed by atoms with van der Waals surface area (Å²) in [5.74, 6) is 0.0104. The van der Waals surface area contributed by atoms with Gasteiger partial charge in [0.1, 0.15) is 5.82 Å². The van der Waals surface area contributed by atoms with Crippen LogP contribution >= 0.6 is 0 Å². The second-order valence-corrected chi connectivity index (χ2v) is 4.19. The Labute approximate surface area is 99.2 Å². The summed E-state index contributed by atoms with van der Waals surface area (Å²) < 4.78 is 12.7. The van der Waals surface area contributed by atoms with Crippen LogP contribution in [0, 0.1) is 11.7 Å². The number of benzene rings is 1. The second kappa shape index (κ2) is 4.99. The predicted octanol–water partition coefficient (Wildman–Crippen LogP) is 2.84. The average Bonchev–Trinajstić information content (AvgIpc) is 2.77. The highest BCUT2D eigenvalue weighted by Crippen LogP contribution is 2.18. The van der Waals surface area contributed by atoms with Gasteiger partial charge in [-0.25, -0.2) is 9.18 Å². The topological polar surface area (TPSA) is 40.5 Å². The molecule has 0 bridgehead atoms. The average molecular weight is 235 g/mol. The van der Waals surface area contributed by atoms with Crippen LogP contribution < -0.4 is 0 Å². The lowest BCUT2D eigenvalue weighted by atomic mass is 10.1. The lowest BCUT2D eigenvalue weighted by molar-refractivity contribution is 0.155. The molecule has 1 atom stereocenters. The monoisotopic (exact) mass is 235 g/mol. The van der Waals surface area contributed by atoms with E-state index < -0.39 is 6.09 Å². The molecule has 2 rings (SSSR count). The van der Waals surface area contributed by atoms with Crippen molar-refractivity contribution in [1.82, 2.24) is 4.90 Å². The molecule has 0 saturated carbocycles. The van der Waals surface area contributed by atoms with Crippen LogP contribution in [0.2, 0.25) is 0 Å². The van der Waals surface area contributed by atoms with Crippen molar-refractivity contribution in [2.75, 3.05) is 13.1 Å². The molecular formula is C13H14FNO2. The summed E-state index contributed by atoms with van der Waals surface area (Å²) in [7, 11) is 0. The highest BCUT2D eigenvalue weighted by atomic mass is 19.1. The number of likely N-dealkylation sites (tertiary alicyclic amines) is 1. The Hall–Kier alpha value is -1.84. The third-order valence-electron chi connectivity index (χ3n) is 2.93. The van der Waals surface area contributed by atoms with Crippen molar-refractivity contribution in [3.8, 4) is 0 Å². The number of carbonyl (C=O) groups is 1. The highest BCUT2D eigenvalue weighted by molar-refractivity contribution is 5.65. The number of rotatable bonds is 2. The van der Waals surface area contributed by atoms with Gasteiger partial charge in [-0.2, -0.15) is 0 Å². The first-order valence-corrected chi connectivity index (χ1v) is 5.57. The van der Waals surface area contributed by atoms with E-state index in [1.165, 1.54) is 17.0 Å². The molecule has 1 unspecified atom stereocenters. The van der Waals surface area contributed by atoms with Gasteiger partial charge in [0.05, 0.1) is 0 Å². The zero-order chi connectivity index (χ0) is 12.3. The Kier molecular flexibility index (Phi) is 3.42. The Balaban J connectivity index is 1.93. The molecule has 1 N–H and O–H groups in total. The molecule has 1 aromatic rings. The quantitative estimate of drug-likeness (QED) is 0.856. The summed E-state index contributed by atoms with van der Waals surface area (Å²) in [6.45, 7) is 1.14. The van der Waals surface area contributed by atoms with E-state index in [4.69, 9.17) is 5.11 Å². The number of halogens is 1. The summed E-state index contributed by atoms with van der Waals surface area (Å²) in [5, 5.41) is 8.81. The molecule has 1 aliphatic rings. The maximum atomic E-state index is 12.7. The van der Waals surface area contributed by atoms with E-state index in [1.54, 1.807) is 12.1 Å². The number of carboxylic acid groups (broad SMARTS) is 1. The van der Waals surface area contributed by atoms with Gasteiger partial charge in [-0.3, -0.25) is 0 Å². The number of hydrogen-bond acceptors (Lipinski definition) is 1. The molecule has 1 amide bonds. The van der Waals surface area contributed by atoms with Crippen molar-refractivity contribution in [1.29, 1.82) is 0 Å². The van der Waals surface area contributed by atoms with Gasteiger partial charge in [-0.1, -0.05) is 24.3 Å². The van der Waals surface area contributed by atoms with E-state index >= 15 is 0 Å². The van der Waals surface area contributed by atoms with E-state index in [1.807, 2.05) is 12.2 Å². The fourth-order valence-corrected chi connectivity index (χ4v) is 1.94. The van der Waals surface area contributed by atoms with E-state index in [0.717, 1.165) is 12.0 Å². The maximum Gasteiger partial charge on any atom is 0.407 e. The largest absolute Gasteiger partial charge is 0.465 e. The molecule has 0 spiro atoms. The first-order chi connectivity index (χ1) is 8.15. The lowest BCUT2D eigenvalue weighted by Crippen LogP contribution is -2.26. The molecule has 4 heteroatoms. The molecule has 0 aromatic heterocycles. The zero-order valence-corrected chi connectivity index (χ0v) is 9.34. The van der Waals surface area contributed by atoms with Crippen molar-refractivity contribution >= 4 is 12.2 Å². The van der Waals surface area contributed by atoms with Gasteiger partial charge >= 0.3 is 6.09 Å². The van der Waals surface area contributed by atoms with Crippen molar-refractivity contribution in [2.45, 2.75) is 6.42 Å². The van der Waals surface area contributed by atoms with E-state index in [0.29, 0.717) is 13.1 Å². The standard InChI is InChI=1S/C13H14FNO2/c14-12-5-3-10(4-6-12)1-2-11-7-8-15(9-11)13(16)17/h1-6,11H,7-9H2,(H,16,17). The maximum absolute atomic E-state index is 12.7. The summed E-state index contributed by atoms with van der Waals surface area (Å²) in [5.41, 5.74) is 0.931. The number of amides is 1. The zero-order valence-electron chi connectivity index (χ0n) is 9.34. The van der Waals surface area contributed by atoms with Crippen LogP contribution in [0.4, 0.5) is 9.18 Å².